The van der Waals surface area contributed by atoms with E-state index in [-0.39, 0.29) is 42.6 Å². The molecule has 0 saturated carbocycles. The van der Waals surface area contributed by atoms with E-state index in [1.165, 1.54) is 19.4 Å². The molecule has 0 fully saturated rings. The molecule has 2 aromatic heterocycles. The highest BCUT2D eigenvalue weighted by Crippen LogP contribution is 2.40. The number of ether oxygens (including phenoxy) is 3. The Hall–Kier alpha value is -4.69. The summed E-state index contributed by atoms with van der Waals surface area (Å²) in [4.78, 5) is 11.6. The number of aliphatic hydroxyl groups excluding tert-OH is 1. The van der Waals surface area contributed by atoms with Crippen LogP contribution in [0.15, 0.2) is 53.8 Å². The number of halogens is 2. The number of aromatic nitrogens is 2. The second-order valence-corrected chi connectivity index (χ2v) is 8.65. The molecule has 0 bridgehead atoms. The monoisotopic (exact) mass is 519 g/mol. The fourth-order valence-corrected chi connectivity index (χ4v) is 4.25. The van der Waals surface area contributed by atoms with E-state index in [1.54, 1.807) is 24.4 Å². The Morgan fingerprint density at radius 1 is 1.21 bits per heavy atom. The van der Waals surface area contributed by atoms with Crippen molar-refractivity contribution < 1.29 is 28.1 Å². The van der Waals surface area contributed by atoms with E-state index in [4.69, 9.17) is 14.2 Å². The minimum Gasteiger partial charge on any atom is -0.495 e. The number of nitrogens with one attached hydrogen (secondary N) is 2. The van der Waals surface area contributed by atoms with Crippen LogP contribution in [0.5, 0.6) is 17.2 Å². The molecule has 0 spiro atoms. The second-order valence-electron chi connectivity index (χ2n) is 8.65. The van der Waals surface area contributed by atoms with Crippen LogP contribution in [0.2, 0.25) is 0 Å². The highest BCUT2D eigenvalue weighted by molar-refractivity contribution is 5.99. The smallest absolute Gasteiger partial charge is 0.289 e. The Morgan fingerprint density at radius 2 is 2.00 bits per heavy atom. The van der Waals surface area contributed by atoms with Gasteiger partial charge in [0.1, 0.15) is 28.8 Å². The molecule has 194 valence electrons. The lowest BCUT2D eigenvalue weighted by Crippen LogP contribution is -2.35. The molecule has 3 N–H and O–H groups in total. The number of fused-ring (bicyclic) bond motifs is 1. The normalized spacial score (nSPS) is 16.9. The van der Waals surface area contributed by atoms with E-state index in [9.17, 15) is 10.4 Å². The van der Waals surface area contributed by atoms with Crippen LogP contribution in [-0.2, 0) is 4.74 Å². The van der Waals surface area contributed by atoms with Crippen molar-refractivity contribution >= 4 is 22.7 Å². The second kappa shape index (κ2) is 10.4. The largest absolute Gasteiger partial charge is 0.495 e. The first-order valence-corrected chi connectivity index (χ1v) is 11.7. The van der Waals surface area contributed by atoms with Crippen molar-refractivity contribution in [3.63, 3.8) is 0 Å². The van der Waals surface area contributed by atoms with Crippen molar-refractivity contribution in [3.05, 3.63) is 66.0 Å². The van der Waals surface area contributed by atoms with Gasteiger partial charge < -0.3 is 29.6 Å². The maximum Gasteiger partial charge on any atom is 0.289 e. The summed E-state index contributed by atoms with van der Waals surface area (Å²) in [7, 11) is 1.47. The summed E-state index contributed by atoms with van der Waals surface area (Å²) in [6.07, 6.45) is 3.09. The summed E-state index contributed by atoms with van der Waals surface area (Å²) in [5, 5.41) is 22.3. The molecule has 9 nitrogen and oxygen atoms in total. The first-order chi connectivity index (χ1) is 18.4. The molecular formula is C27H23F2N5O4. The van der Waals surface area contributed by atoms with Gasteiger partial charge in [-0.25, -0.2) is 18.8 Å². The highest BCUT2D eigenvalue weighted by Gasteiger charge is 2.25. The summed E-state index contributed by atoms with van der Waals surface area (Å²) in [5.41, 5.74) is 1.89. The summed E-state index contributed by atoms with van der Waals surface area (Å²) >= 11 is 0. The zero-order chi connectivity index (χ0) is 26.8. The van der Waals surface area contributed by atoms with Crippen LogP contribution in [-0.4, -0.2) is 47.5 Å². The van der Waals surface area contributed by atoms with E-state index in [2.05, 4.69) is 26.3 Å². The number of hydrogen-bond acceptors (Lipinski definition) is 8. The van der Waals surface area contributed by atoms with Crippen molar-refractivity contribution in [2.75, 3.05) is 25.6 Å². The third kappa shape index (κ3) is 4.57. The number of benzene rings is 2. The van der Waals surface area contributed by atoms with Crippen molar-refractivity contribution in [2.45, 2.75) is 13.0 Å². The zero-order valence-electron chi connectivity index (χ0n) is 20.5. The lowest BCUT2D eigenvalue weighted by molar-refractivity contribution is 0.125. The van der Waals surface area contributed by atoms with Gasteiger partial charge in [-0.3, -0.25) is 0 Å². The van der Waals surface area contributed by atoms with E-state index >= 15 is 8.78 Å². The summed E-state index contributed by atoms with van der Waals surface area (Å²) in [5.74, 6) is -2.14. The lowest BCUT2D eigenvalue weighted by atomic mass is 9.99. The van der Waals surface area contributed by atoms with Gasteiger partial charge in [0, 0.05) is 47.3 Å². The Bertz CT molecular complexity index is 1560. The van der Waals surface area contributed by atoms with Gasteiger partial charge in [0.25, 0.3) is 6.02 Å². The number of H-pyrrole nitrogens is 1. The van der Waals surface area contributed by atoms with Crippen LogP contribution in [0.1, 0.15) is 12.5 Å². The first kappa shape index (κ1) is 25.0. The Kier molecular flexibility index (Phi) is 6.81. The third-order valence-electron chi connectivity index (χ3n) is 6.32. The Labute approximate surface area is 216 Å². The number of aliphatic hydroxyl groups is 1. The van der Waals surface area contributed by atoms with Gasteiger partial charge in [-0.2, -0.15) is 5.26 Å². The quantitative estimate of drug-likeness (QED) is 0.328. The predicted molar refractivity (Wildman–Crippen MR) is 136 cm³/mol. The predicted octanol–water partition coefficient (Wildman–Crippen LogP) is 4.98. The van der Waals surface area contributed by atoms with Gasteiger partial charge >= 0.3 is 0 Å². The number of aliphatic imine (C=N–C) groups is 1. The molecule has 2 aromatic carbocycles. The molecule has 0 amide bonds. The van der Waals surface area contributed by atoms with E-state index in [0.717, 1.165) is 12.1 Å². The number of nitrogens with zero attached hydrogens (tertiary/aromatic N) is 3. The van der Waals surface area contributed by atoms with Gasteiger partial charge in [0.15, 0.2) is 17.4 Å². The molecule has 0 saturated heterocycles. The Morgan fingerprint density at radius 3 is 2.68 bits per heavy atom. The van der Waals surface area contributed by atoms with Gasteiger partial charge in [-0.05, 0) is 19.1 Å². The van der Waals surface area contributed by atoms with E-state index in [0.29, 0.717) is 33.5 Å². The molecular weight excluding hydrogens is 496 g/mol. The van der Waals surface area contributed by atoms with Crippen LogP contribution >= 0.6 is 0 Å². The number of pyridine rings is 1. The standard InChI is InChI=1S/C27H23F2N5O4/c1-14-15(12-35)13-37-27(33-14)34-16-8-20(28)25(21(29)9-16)38-23-6-7-31-26-24(23)19(11-32-26)17-4-3-5-22(36-2)18(17)10-30/h3-9,11,14-15,35H,12-13H2,1-2H3,(H,31,32)(H,33,34). The topological polar surface area (TPSA) is 125 Å². The molecule has 1 aliphatic heterocycles. The summed E-state index contributed by atoms with van der Waals surface area (Å²) < 4.78 is 46.7. The molecule has 11 heteroatoms. The number of rotatable bonds is 6. The van der Waals surface area contributed by atoms with Crippen molar-refractivity contribution in [3.8, 4) is 34.4 Å². The zero-order valence-corrected chi connectivity index (χ0v) is 20.5. The van der Waals surface area contributed by atoms with E-state index in [1.807, 2.05) is 6.92 Å². The fourth-order valence-electron chi connectivity index (χ4n) is 4.25. The highest BCUT2D eigenvalue weighted by atomic mass is 19.1. The summed E-state index contributed by atoms with van der Waals surface area (Å²) in [6.45, 7) is 1.97. The number of hydrogen-bond donors (Lipinski definition) is 3. The molecule has 38 heavy (non-hydrogen) atoms. The minimum absolute atomic E-state index is 0.0754. The van der Waals surface area contributed by atoms with Crippen LogP contribution < -0.4 is 14.8 Å². The number of methoxy groups -OCH3 is 1. The van der Waals surface area contributed by atoms with Gasteiger partial charge in [0.2, 0.25) is 0 Å². The molecule has 2 atom stereocenters. The summed E-state index contributed by atoms with van der Waals surface area (Å²) in [6, 6.07) is 10.8. The molecule has 4 aromatic rings. The molecule has 2 unspecified atom stereocenters. The Balaban J connectivity index is 1.49. The number of nitriles is 1. The van der Waals surface area contributed by atoms with Gasteiger partial charge in [-0.15, -0.1) is 0 Å². The van der Waals surface area contributed by atoms with E-state index < -0.39 is 17.4 Å². The number of aromatic amines is 1. The average Bonchev–Trinajstić information content (AvgIpc) is 3.35. The molecule has 5 rings (SSSR count). The molecule has 0 aliphatic carbocycles. The van der Waals surface area contributed by atoms with Crippen LogP contribution in [0.25, 0.3) is 22.2 Å². The number of amidine groups is 1. The molecule has 0 radical (unpaired) electrons. The van der Waals surface area contributed by atoms with Crippen LogP contribution in [0.3, 0.4) is 0 Å². The van der Waals surface area contributed by atoms with Gasteiger partial charge in [0.05, 0.1) is 31.8 Å². The third-order valence-corrected chi connectivity index (χ3v) is 6.32. The average molecular weight is 520 g/mol. The number of anilines is 1. The minimum atomic E-state index is -0.952. The van der Waals surface area contributed by atoms with Crippen molar-refractivity contribution in [2.24, 2.45) is 10.9 Å². The fraction of sp³-hybridized carbons (Fsp3) is 0.222. The SMILES string of the molecule is COc1cccc(-c2c[nH]c3nccc(Oc4c(F)cc(NC5=NC(C)C(CO)CO5)cc4F)c23)c1C#N. The van der Waals surface area contributed by atoms with Crippen LogP contribution in [0.4, 0.5) is 14.5 Å². The maximum atomic E-state index is 15.1. The maximum absolute atomic E-state index is 15.1. The molecule has 1 aliphatic rings. The van der Waals surface area contributed by atoms with Crippen LogP contribution in [0, 0.1) is 28.9 Å². The van der Waals surface area contributed by atoms with Crippen molar-refractivity contribution in [1.82, 2.24) is 9.97 Å². The molecule has 3 heterocycles. The lowest BCUT2D eigenvalue weighted by Gasteiger charge is -2.26. The van der Waals surface area contributed by atoms with Crippen molar-refractivity contribution in [1.29, 1.82) is 5.26 Å². The first-order valence-electron chi connectivity index (χ1n) is 11.7. The van der Waals surface area contributed by atoms with Gasteiger partial charge in [-0.1, -0.05) is 12.1 Å².